The number of nitrogens with one attached hydrogen (secondary N) is 2. The minimum absolute atomic E-state index is 0.569. The summed E-state index contributed by atoms with van der Waals surface area (Å²) in [5.41, 5.74) is 21.0. The number of fused-ring (bicyclic) bond motifs is 2. The fourth-order valence-electron chi connectivity index (χ4n) is 6.17. The van der Waals surface area contributed by atoms with Gasteiger partial charge in [-0.25, -0.2) is 4.79 Å². The Hall–Kier alpha value is -5.22. The second-order valence-corrected chi connectivity index (χ2v) is 12.8. The highest BCUT2D eigenvalue weighted by Crippen LogP contribution is 2.29. The first kappa shape index (κ1) is 37.5. The molecule has 7 rings (SSSR count). The van der Waals surface area contributed by atoms with Gasteiger partial charge in [0.15, 0.2) is 0 Å². The first-order chi connectivity index (χ1) is 25.5. The quantitative estimate of drug-likeness (QED) is 0.102. The number of carboxylic acids is 1. The number of hydrogen-bond acceptors (Lipinski definition) is 7. The molecule has 4 heterocycles. The van der Waals surface area contributed by atoms with E-state index in [0.717, 1.165) is 121 Å². The lowest BCUT2D eigenvalue weighted by Gasteiger charge is -2.25. The van der Waals surface area contributed by atoms with Gasteiger partial charge in [0.25, 0.3) is 0 Å². The van der Waals surface area contributed by atoms with E-state index in [0.29, 0.717) is 24.8 Å². The van der Waals surface area contributed by atoms with Crippen molar-refractivity contribution in [3.05, 3.63) is 83.9 Å². The van der Waals surface area contributed by atoms with Gasteiger partial charge in [-0.1, -0.05) is 48.5 Å². The largest absolute Gasteiger partial charge is 0.490 e. The van der Waals surface area contributed by atoms with Gasteiger partial charge in [-0.05, 0) is 35.4 Å². The van der Waals surface area contributed by atoms with Gasteiger partial charge in [0.05, 0.1) is 39.5 Å². The van der Waals surface area contributed by atoms with E-state index in [9.17, 15) is 13.2 Å². The van der Waals surface area contributed by atoms with Gasteiger partial charge >= 0.3 is 12.1 Å². The summed E-state index contributed by atoms with van der Waals surface area (Å²) in [5, 5.41) is 9.40. The van der Waals surface area contributed by atoms with E-state index < -0.39 is 12.1 Å². The lowest BCUT2D eigenvalue weighted by Crippen LogP contribution is -2.38. The van der Waals surface area contributed by atoms with Crippen molar-refractivity contribution in [1.29, 1.82) is 0 Å². The van der Waals surface area contributed by atoms with Crippen LogP contribution in [0.3, 0.4) is 0 Å². The van der Waals surface area contributed by atoms with Gasteiger partial charge in [-0.2, -0.15) is 13.2 Å². The van der Waals surface area contributed by atoms with Crippen LogP contribution in [0.15, 0.2) is 82.8 Å². The maximum atomic E-state index is 10.6. The van der Waals surface area contributed by atoms with E-state index in [-0.39, 0.29) is 0 Å². The molecule has 2 fully saturated rings. The van der Waals surface area contributed by atoms with Crippen molar-refractivity contribution in [1.82, 2.24) is 19.8 Å². The van der Waals surface area contributed by atoms with E-state index in [1.807, 2.05) is 12.1 Å². The molecule has 0 radical (unpaired) electrons. The summed E-state index contributed by atoms with van der Waals surface area (Å²) in [6.45, 7) is 10.2. The van der Waals surface area contributed by atoms with Crippen LogP contribution in [-0.2, 0) is 14.3 Å². The summed E-state index contributed by atoms with van der Waals surface area (Å²) >= 11 is 0. The van der Waals surface area contributed by atoms with Crippen LogP contribution in [0, 0.1) is 0 Å². The number of aromatic amines is 2. The topological polar surface area (TPSA) is 171 Å². The number of benzene rings is 3. The number of morpholine rings is 2. The monoisotopic (exact) mass is 732 g/mol. The average molecular weight is 733 g/mol. The molecule has 0 spiro atoms. The third kappa shape index (κ3) is 10.0. The number of hydrogen-bond donors (Lipinski definition) is 5. The Morgan fingerprint density at radius 1 is 0.679 bits per heavy atom. The fourth-order valence-corrected chi connectivity index (χ4v) is 6.17. The Bertz CT molecular complexity index is 1930. The molecule has 0 saturated carbocycles. The number of carboxylic acid groups (broad SMARTS) is 1. The van der Waals surface area contributed by atoms with Crippen LogP contribution in [-0.4, -0.2) is 127 Å². The maximum absolute atomic E-state index is 10.6. The minimum atomic E-state index is -5.08. The number of H-pyrrole nitrogens is 2. The van der Waals surface area contributed by atoms with Crippen molar-refractivity contribution in [2.75, 3.05) is 78.8 Å². The number of nitrogens with two attached hydrogens (primary N) is 2. The molecule has 2 saturated heterocycles. The first-order valence-corrected chi connectivity index (χ1v) is 17.4. The molecule has 0 bridgehead atoms. The number of nitrogens with zero attached hydrogens (tertiary/aromatic N) is 4. The second kappa shape index (κ2) is 17.1. The van der Waals surface area contributed by atoms with Crippen molar-refractivity contribution in [3.8, 4) is 22.5 Å². The molecule has 5 aromatic rings. The zero-order valence-corrected chi connectivity index (χ0v) is 29.2. The SMILES string of the molecule is NC(=NCCN1CCOCC1)c1ccc2cc(-c3ccc(-c4cc5ccc(C(N)=NCCN6CCOCC6)cc5[nH]4)cc3)[nH]c2c1.O=C(O)C(F)(F)F. The summed E-state index contributed by atoms with van der Waals surface area (Å²) < 4.78 is 42.6. The number of ether oxygens (including phenoxy) is 2. The standard InChI is InChI=1S/C36H42N8O2.C2HF3O2/c37-35(39-9-11-43-13-17-45-18-14-43)29-7-5-27-21-31(41-33(27)23-29)25-1-2-26(4-3-25)32-22-28-6-8-30(24-34(28)42-32)36(38)40-10-12-44-15-19-46-20-16-44;3-2(4,5)1(6)7/h1-8,21-24,41-42H,9-20H2,(H2,37,39)(H2,38,40);(H,6,7). The number of aliphatic imine (C=N–C) groups is 2. The molecule has 12 nitrogen and oxygen atoms in total. The maximum Gasteiger partial charge on any atom is 0.490 e. The van der Waals surface area contributed by atoms with Crippen LogP contribution in [0.5, 0.6) is 0 Å². The molecule has 0 amide bonds. The number of aliphatic carboxylic acids is 1. The number of halogens is 3. The van der Waals surface area contributed by atoms with Gasteiger partial charge in [0, 0.05) is 83.6 Å². The predicted molar refractivity (Wildman–Crippen MR) is 200 cm³/mol. The number of aromatic nitrogens is 2. The highest BCUT2D eigenvalue weighted by molar-refractivity contribution is 6.02. The van der Waals surface area contributed by atoms with Gasteiger partial charge in [0.2, 0.25) is 0 Å². The highest BCUT2D eigenvalue weighted by Gasteiger charge is 2.38. The number of carbonyl (C=O) groups is 1. The molecular weight excluding hydrogens is 689 g/mol. The highest BCUT2D eigenvalue weighted by atomic mass is 19.4. The Morgan fingerprint density at radius 2 is 1.06 bits per heavy atom. The summed E-state index contributed by atoms with van der Waals surface area (Å²) in [7, 11) is 0. The lowest BCUT2D eigenvalue weighted by atomic mass is 10.1. The average Bonchev–Trinajstić information content (AvgIpc) is 3.80. The molecule has 7 N–H and O–H groups in total. The number of amidine groups is 2. The Morgan fingerprint density at radius 3 is 1.42 bits per heavy atom. The van der Waals surface area contributed by atoms with Crippen molar-refractivity contribution >= 4 is 39.4 Å². The first-order valence-electron chi connectivity index (χ1n) is 17.4. The van der Waals surface area contributed by atoms with Crippen LogP contribution in [0.2, 0.25) is 0 Å². The molecule has 53 heavy (non-hydrogen) atoms. The van der Waals surface area contributed by atoms with Gasteiger partial charge in [-0.3, -0.25) is 19.8 Å². The Balaban J connectivity index is 0.000000626. The van der Waals surface area contributed by atoms with Crippen LogP contribution in [0.1, 0.15) is 11.1 Å². The fraction of sp³-hybridized carbons (Fsp3) is 0.342. The molecule has 2 aliphatic heterocycles. The number of alkyl halides is 3. The van der Waals surface area contributed by atoms with E-state index in [2.05, 4.69) is 90.4 Å². The zero-order chi connectivity index (χ0) is 37.4. The summed E-state index contributed by atoms with van der Waals surface area (Å²) in [5.74, 6) is -1.62. The molecule has 15 heteroatoms. The van der Waals surface area contributed by atoms with Crippen LogP contribution in [0.4, 0.5) is 13.2 Å². The summed E-state index contributed by atoms with van der Waals surface area (Å²) in [6.07, 6.45) is -5.08. The van der Waals surface area contributed by atoms with E-state index in [1.54, 1.807) is 0 Å². The van der Waals surface area contributed by atoms with E-state index in [1.165, 1.54) is 0 Å². The molecular formula is C38H43F3N8O4. The minimum Gasteiger partial charge on any atom is -0.475 e. The molecule has 0 unspecified atom stereocenters. The van der Waals surface area contributed by atoms with Crippen molar-refractivity contribution in [2.45, 2.75) is 6.18 Å². The molecule has 0 aliphatic carbocycles. The molecule has 3 aromatic carbocycles. The summed E-state index contributed by atoms with van der Waals surface area (Å²) in [4.78, 5) is 30.0. The Labute approximate surface area is 304 Å². The Kier molecular flexibility index (Phi) is 12.1. The smallest absolute Gasteiger partial charge is 0.475 e. The zero-order valence-electron chi connectivity index (χ0n) is 29.2. The van der Waals surface area contributed by atoms with Gasteiger partial charge < -0.3 is 36.0 Å². The van der Waals surface area contributed by atoms with Crippen molar-refractivity contribution < 1.29 is 32.5 Å². The molecule has 2 aromatic heterocycles. The van der Waals surface area contributed by atoms with E-state index in [4.69, 9.17) is 30.8 Å². The molecule has 280 valence electrons. The van der Waals surface area contributed by atoms with Gasteiger partial charge in [-0.15, -0.1) is 0 Å². The van der Waals surface area contributed by atoms with Gasteiger partial charge in [0.1, 0.15) is 11.7 Å². The van der Waals surface area contributed by atoms with Crippen molar-refractivity contribution in [3.63, 3.8) is 0 Å². The molecule has 2 aliphatic rings. The molecule has 0 atom stereocenters. The van der Waals surface area contributed by atoms with Crippen LogP contribution in [0.25, 0.3) is 44.3 Å². The normalized spacial score (nSPS) is 16.5. The lowest BCUT2D eigenvalue weighted by molar-refractivity contribution is -0.192. The predicted octanol–water partition coefficient (Wildman–Crippen LogP) is 4.69. The van der Waals surface area contributed by atoms with E-state index >= 15 is 0 Å². The third-order valence-electron chi connectivity index (χ3n) is 9.19. The second-order valence-electron chi connectivity index (χ2n) is 12.8. The van der Waals surface area contributed by atoms with Crippen LogP contribution >= 0.6 is 0 Å². The van der Waals surface area contributed by atoms with Crippen LogP contribution < -0.4 is 11.5 Å². The number of rotatable bonds is 10. The van der Waals surface area contributed by atoms with Crippen molar-refractivity contribution in [2.24, 2.45) is 21.5 Å². The third-order valence-corrected chi connectivity index (χ3v) is 9.19. The summed E-state index contributed by atoms with van der Waals surface area (Å²) in [6, 6.07) is 25.4.